The molecular weight excluding hydrogens is 178 g/mol. The first-order chi connectivity index (χ1) is 6.68. The summed E-state index contributed by atoms with van der Waals surface area (Å²) in [5.41, 5.74) is 1.89. The second-order valence-electron chi connectivity index (χ2n) is 3.49. The second-order valence-corrected chi connectivity index (χ2v) is 3.49. The van der Waals surface area contributed by atoms with Gasteiger partial charge in [-0.3, -0.25) is 9.59 Å². The number of fused-ring (bicyclic) bond motifs is 1. The quantitative estimate of drug-likeness (QED) is 0.700. The molecule has 1 aliphatic rings. The van der Waals surface area contributed by atoms with E-state index < -0.39 is 0 Å². The second kappa shape index (κ2) is 3.25. The maximum atomic E-state index is 11.5. The van der Waals surface area contributed by atoms with Crippen LogP contribution in [0.5, 0.6) is 0 Å². The Hall–Kier alpha value is -1.64. The van der Waals surface area contributed by atoms with Gasteiger partial charge in [-0.15, -0.1) is 0 Å². The van der Waals surface area contributed by atoms with Crippen molar-refractivity contribution in [3.63, 3.8) is 0 Å². The van der Waals surface area contributed by atoms with E-state index in [0.717, 1.165) is 11.3 Å². The summed E-state index contributed by atoms with van der Waals surface area (Å²) < 4.78 is 0. The lowest BCUT2D eigenvalue weighted by atomic mass is 10.2. The zero-order chi connectivity index (χ0) is 10.1. The van der Waals surface area contributed by atoms with E-state index in [0.29, 0.717) is 6.42 Å². The molecule has 0 saturated carbocycles. The van der Waals surface area contributed by atoms with E-state index in [1.54, 1.807) is 4.90 Å². The number of carbonyl (C=O) groups excluding carboxylic acids is 2. The first-order valence-corrected chi connectivity index (χ1v) is 4.56. The van der Waals surface area contributed by atoms with Crippen LogP contribution in [0.25, 0.3) is 0 Å². The van der Waals surface area contributed by atoms with E-state index in [2.05, 4.69) is 0 Å². The van der Waals surface area contributed by atoms with Gasteiger partial charge >= 0.3 is 0 Å². The summed E-state index contributed by atoms with van der Waals surface area (Å²) in [5, 5.41) is 0. The third kappa shape index (κ3) is 1.41. The van der Waals surface area contributed by atoms with Gasteiger partial charge in [-0.2, -0.15) is 0 Å². The summed E-state index contributed by atoms with van der Waals surface area (Å²) >= 11 is 0. The van der Waals surface area contributed by atoms with Crippen LogP contribution in [-0.4, -0.2) is 18.2 Å². The average molecular weight is 189 g/mol. The number of para-hydroxylation sites is 1. The molecule has 0 atom stereocenters. The number of rotatable bonds is 2. The molecule has 1 aromatic rings. The highest BCUT2D eigenvalue weighted by atomic mass is 16.2. The summed E-state index contributed by atoms with van der Waals surface area (Å²) in [6.07, 6.45) is 0.420. The summed E-state index contributed by atoms with van der Waals surface area (Å²) in [6.45, 7) is 1.68. The number of benzene rings is 1. The van der Waals surface area contributed by atoms with Gasteiger partial charge in [0.25, 0.3) is 0 Å². The highest BCUT2D eigenvalue weighted by Gasteiger charge is 2.26. The molecule has 1 aromatic carbocycles. The van der Waals surface area contributed by atoms with Crippen LogP contribution in [0.2, 0.25) is 0 Å². The molecule has 0 bridgehead atoms. The summed E-state index contributed by atoms with van der Waals surface area (Å²) in [6, 6.07) is 7.59. The van der Waals surface area contributed by atoms with Crippen molar-refractivity contribution in [2.45, 2.75) is 13.3 Å². The normalized spacial score (nSPS) is 14.4. The molecule has 14 heavy (non-hydrogen) atoms. The van der Waals surface area contributed by atoms with Gasteiger partial charge in [0.15, 0.2) is 0 Å². The molecule has 3 heteroatoms. The molecule has 2 rings (SSSR count). The van der Waals surface area contributed by atoms with E-state index in [-0.39, 0.29) is 18.2 Å². The fourth-order valence-corrected chi connectivity index (χ4v) is 1.71. The van der Waals surface area contributed by atoms with Gasteiger partial charge in [-0.1, -0.05) is 18.2 Å². The number of anilines is 1. The molecular formula is C11H11NO2. The molecule has 0 aromatic heterocycles. The van der Waals surface area contributed by atoms with Crippen molar-refractivity contribution >= 4 is 17.4 Å². The van der Waals surface area contributed by atoms with Crippen molar-refractivity contribution in [2.24, 2.45) is 0 Å². The summed E-state index contributed by atoms with van der Waals surface area (Å²) in [5.74, 6) is 0.0245. The fraction of sp³-hybridized carbons (Fsp3) is 0.273. The zero-order valence-corrected chi connectivity index (χ0v) is 7.99. The van der Waals surface area contributed by atoms with Gasteiger partial charge in [-0.25, -0.2) is 0 Å². The Balaban J connectivity index is 2.34. The third-order valence-corrected chi connectivity index (χ3v) is 2.31. The number of amides is 1. The third-order valence-electron chi connectivity index (χ3n) is 2.31. The Morgan fingerprint density at radius 1 is 1.43 bits per heavy atom. The Labute approximate surface area is 82.3 Å². The summed E-state index contributed by atoms with van der Waals surface area (Å²) in [4.78, 5) is 24.1. The summed E-state index contributed by atoms with van der Waals surface area (Å²) in [7, 11) is 0. The van der Waals surface area contributed by atoms with Crippen molar-refractivity contribution in [1.82, 2.24) is 0 Å². The molecule has 0 saturated heterocycles. The average Bonchev–Trinajstić information content (AvgIpc) is 2.43. The van der Waals surface area contributed by atoms with Gasteiger partial charge in [0.1, 0.15) is 5.78 Å². The van der Waals surface area contributed by atoms with Gasteiger partial charge in [0.05, 0.1) is 13.0 Å². The number of hydrogen-bond donors (Lipinski definition) is 0. The van der Waals surface area contributed by atoms with Crippen molar-refractivity contribution in [3.05, 3.63) is 29.8 Å². The van der Waals surface area contributed by atoms with Crippen molar-refractivity contribution in [2.75, 3.05) is 11.4 Å². The minimum absolute atomic E-state index is 0.00931. The maximum absolute atomic E-state index is 11.5. The predicted octanol–water partition coefficient (Wildman–Crippen LogP) is 1.16. The first-order valence-electron chi connectivity index (χ1n) is 4.56. The van der Waals surface area contributed by atoms with Crippen LogP contribution in [0.1, 0.15) is 12.5 Å². The van der Waals surface area contributed by atoms with E-state index in [9.17, 15) is 9.59 Å². The molecule has 0 spiro atoms. The Morgan fingerprint density at radius 2 is 2.14 bits per heavy atom. The number of hydrogen-bond acceptors (Lipinski definition) is 2. The number of Topliss-reactive ketones (excluding diaryl/α,β-unsaturated/α-hetero) is 1. The van der Waals surface area contributed by atoms with E-state index in [4.69, 9.17) is 0 Å². The molecule has 1 aliphatic heterocycles. The monoisotopic (exact) mass is 189 g/mol. The van der Waals surface area contributed by atoms with E-state index in [1.165, 1.54) is 6.92 Å². The topological polar surface area (TPSA) is 37.4 Å². The number of carbonyl (C=O) groups is 2. The molecule has 0 N–H and O–H groups in total. The number of ketones is 1. The van der Waals surface area contributed by atoms with Crippen LogP contribution in [0.3, 0.4) is 0 Å². The van der Waals surface area contributed by atoms with Crippen LogP contribution >= 0.6 is 0 Å². The van der Waals surface area contributed by atoms with Crippen LogP contribution < -0.4 is 4.90 Å². The fourth-order valence-electron chi connectivity index (χ4n) is 1.71. The van der Waals surface area contributed by atoms with Crippen molar-refractivity contribution in [1.29, 1.82) is 0 Å². The first kappa shape index (κ1) is 8.94. The van der Waals surface area contributed by atoms with Gasteiger partial charge in [0, 0.05) is 5.69 Å². The lowest BCUT2D eigenvalue weighted by Gasteiger charge is -2.14. The molecule has 3 nitrogen and oxygen atoms in total. The minimum Gasteiger partial charge on any atom is -0.304 e. The van der Waals surface area contributed by atoms with Crippen LogP contribution in [-0.2, 0) is 16.0 Å². The lowest BCUT2D eigenvalue weighted by molar-refractivity contribution is -0.121. The SMILES string of the molecule is CC(=O)CN1C(=O)Cc2ccccc21. The highest BCUT2D eigenvalue weighted by molar-refractivity contribution is 6.04. The van der Waals surface area contributed by atoms with Gasteiger partial charge in [-0.05, 0) is 18.6 Å². The highest BCUT2D eigenvalue weighted by Crippen LogP contribution is 2.27. The zero-order valence-electron chi connectivity index (χ0n) is 7.99. The standard InChI is InChI=1S/C11H11NO2/c1-8(13)7-12-10-5-3-2-4-9(10)6-11(12)14/h2-5H,6-7H2,1H3. The molecule has 1 heterocycles. The molecule has 0 radical (unpaired) electrons. The van der Waals surface area contributed by atoms with Crippen LogP contribution in [0, 0.1) is 0 Å². The Morgan fingerprint density at radius 3 is 2.86 bits per heavy atom. The minimum atomic E-state index is 0.00931. The van der Waals surface area contributed by atoms with Crippen molar-refractivity contribution in [3.8, 4) is 0 Å². The maximum Gasteiger partial charge on any atom is 0.231 e. The van der Waals surface area contributed by atoms with Crippen LogP contribution in [0.15, 0.2) is 24.3 Å². The Kier molecular flexibility index (Phi) is 2.08. The largest absolute Gasteiger partial charge is 0.304 e. The lowest BCUT2D eigenvalue weighted by Crippen LogP contribution is -2.31. The van der Waals surface area contributed by atoms with E-state index in [1.807, 2.05) is 24.3 Å². The molecule has 0 aliphatic carbocycles. The number of nitrogens with zero attached hydrogens (tertiary/aromatic N) is 1. The molecule has 1 amide bonds. The van der Waals surface area contributed by atoms with Gasteiger partial charge < -0.3 is 4.90 Å². The van der Waals surface area contributed by atoms with Crippen LogP contribution in [0.4, 0.5) is 5.69 Å². The smallest absolute Gasteiger partial charge is 0.231 e. The van der Waals surface area contributed by atoms with Crippen molar-refractivity contribution < 1.29 is 9.59 Å². The molecule has 0 unspecified atom stereocenters. The predicted molar refractivity (Wildman–Crippen MR) is 53.2 cm³/mol. The molecule has 72 valence electrons. The Bertz CT molecular complexity index is 398. The van der Waals surface area contributed by atoms with E-state index >= 15 is 0 Å². The van der Waals surface area contributed by atoms with Gasteiger partial charge in [0.2, 0.25) is 5.91 Å². The molecule has 0 fully saturated rings.